The van der Waals surface area contributed by atoms with Crippen LogP contribution < -0.4 is 5.32 Å². The Morgan fingerprint density at radius 3 is 2.04 bits per heavy atom. The van der Waals surface area contributed by atoms with Crippen LogP contribution in [-0.4, -0.2) is 41.3 Å². The van der Waals surface area contributed by atoms with E-state index in [2.05, 4.69) is 0 Å². The van der Waals surface area contributed by atoms with E-state index in [9.17, 15) is 35.9 Å². The van der Waals surface area contributed by atoms with Crippen LogP contribution in [0.15, 0.2) is 18.2 Å². The zero-order chi connectivity index (χ0) is 19.5. The first-order chi connectivity index (χ1) is 12.0. The van der Waals surface area contributed by atoms with Crippen molar-refractivity contribution in [2.75, 3.05) is 29.9 Å². The van der Waals surface area contributed by atoms with Crippen LogP contribution in [0.25, 0.3) is 0 Å². The maximum absolute atomic E-state index is 12.8. The third kappa shape index (κ3) is 5.29. The van der Waals surface area contributed by atoms with E-state index >= 15 is 0 Å². The Balaban J connectivity index is 2.24. The van der Waals surface area contributed by atoms with Crippen LogP contribution in [0.5, 0.6) is 0 Å². The molecule has 2 rings (SSSR count). The highest BCUT2D eigenvalue weighted by molar-refractivity contribution is 7.99. The third-order valence-electron chi connectivity index (χ3n) is 3.55. The summed E-state index contributed by atoms with van der Waals surface area (Å²) in [6.45, 7) is 0.586. The average molecular weight is 400 g/mol. The topological polar surface area (TPSA) is 49.4 Å². The maximum Gasteiger partial charge on any atom is 0.416 e. The second-order valence-corrected chi connectivity index (χ2v) is 6.73. The normalized spacial score (nSPS) is 16.2. The van der Waals surface area contributed by atoms with Gasteiger partial charge in [0.05, 0.1) is 11.1 Å². The molecule has 1 heterocycles. The molecule has 0 radical (unpaired) electrons. The van der Waals surface area contributed by atoms with Gasteiger partial charge in [-0.15, -0.1) is 0 Å². The number of alkyl halides is 6. The summed E-state index contributed by atoms with van der Waals surface area (Å²) in [5.74, 6) is -0.864. The molecule has 0 unspecified atom stereocenters. The molecule has 1 fully saturated rings. The fourth-order valence-corrected chi connectivity index (χ4v) is 3.19. The molecule has 0 aromatic heterocycles. The highest BCUT2D eigenvalue weighted by Crippen LogP contribution is 2.37. The van der Waals surface area contributed by atoms with Gasteiger partial charge in [-0.3, -0.25) is 9.59 Å². The number of nitrogens with one attached hydrogen (secondary N) is 1. The largest absolute Gasteiger partial charge is 0.416 e. The lowest BCUT2D eigenvalue weighted by molar-refractivity contribution is -0.143. The minimum Gasteiger partial charge on any atom is -0.334 e. The van der Waals surface area contributed by atoms with Gasteiger partial charge in [0.1, 0.15) is 0 Å². The highest BCUT2D eigenvalue weighted by atomic mass is 32.2. The molecule has 11 heteroatoms. The lowest BCUT2D eigenvalue weighted by Gasteiger charge is -2.19. The molecule has 1 saturated heterocycles. The van der Waals surface area contributed by atoms with E-state index in [1.807, 2.05) is 5.32 Å². The van der Waals surface area contributed by atoms with Crippen LogP contribution in [-0.2, 0) is 21.9 Å². The molecule has 144 valence electrons. The fourth-order valence-electron chi connectivity index (χ4n) is 2.30. The number of benzene rings is 1. The summed E-state index contributed by atoms with van der Waals surface area (Å²) in [5, 5.41) is 1.85. The van der Waals surface area contributed by atoms with Crippen molar-refractivity contribution in [2.45, 2.75) is 18.8 Å². The monoisotopic (exact) mass is 400 g/mol. The predicted molar refractivity (Wildman–Crippen MR) is 83.6 cm³/mol. The predicted octanol–water partition coefficient (Wildman–Crippen LogP) is 3.63. The second-order valence-electron chi connectivity index (χ2n) is 5.51. The molecule has 1 aromatic carbocycles. The van der Waals surface area contributed by atoms with Crippen molar-refractivity contribution < 1.29 is 35.9 Å². The summed E-state index contributed by atoms with van der Waals surface area (Å²) >= 11 is 1.59. The standard InChI is InChI=1S/C15H14F6N2O2S/c16-14(17,18)9-6-10(15(19,20)21)8-11(7-9)22-12(24)13(25)23-2-1-4-26-5-3-23/h6-8H,1-5H2,(H,22,24). The minimum atomic E-state index is -5.03. The van der Waals surface area contributed by atoms with Crippen LogP contribution >= 0.6 is 11.8 Å². The van der Waals surface area contributed by atoms with Crippen molar-refractivity contribution >= 4 is 29.3 Å². The first-order valence-electron chi connectivity index (χ1n) is 7.46. The van der Waals surface area contributed by atoms with Gasteiger partial charge in [0.15, 0.2) is 0 Å². The minimum absolute atomic E-state index is 0.0521. The summed E-state index contributed by atoms with van der Waals surface area (Å²) < 4.78 is 76.9. The van der Waals surface area contributed by atoms with E-state index < -0.39 is 41.0 Å². The van der Waals surface area contributed by atoms with E-state index in [-0.39, 0.29) is 12.6 Å². The molecule has 0 saturated carbocycles. The lowest BCUT2D eigenvalue weighted by atomic mass is 10.1. The Kier molecular flexibility index (Phi) is 6.09. The van der Waals surface area contributed by atoms with Crippen molar-refractivity contribution in [3.63, 3.8) is 0 Å². The van der Waals surface area contributed by atoms with Crippen LogP contribution in [0.2, 0.25) is 0 Å². The molecule has 4 nitrogen and oxygen atoms in total. The number of hydrogen-bond donors (Lipinski definition) is 1. The highest BCUT2D eigenvalue weighted by Gasteiger charge is 2.37. The van der Waals surface area contributed by atoms with E-state index in [0.717, 1.165) is 5.75 Å². The summed E-state index contributed by atoms with van der Waals surface area (Å²) in [4.78, 5) is 25.3. The van der Waals surface area contributed by atoms with E-state index in [0.29, 0.717) is 30.9 Å². The van der Waals surface area contributed by atoms with Crippen LogP contribution in [0.3, 0.4) is 0 Å². The third-order valence-corrected chi connectivity index (χ3v) is 4.60. The molecule has 0 spiro atoms. The van der Waals surface area contributed by atoms with Crippen molar-refractivity contribution in [3.05, 3.63) is 29.3 Å². The van der Waals surface area contributed by atoms with Gasteiger partial charge in [-0.05, 0) is 30.4 Å². The van der Waals surface area contributed by atoms with Crippen LogP contribution in [0.1, 0.15) is 17.5 Å². The Morgan fingerprint density at radius 1 is 0.923 bits per heavy atom. The smallest absolute Gasteiger partial charge is 0.334 e. The molecule has 26 heavy (non-hydrogen) atoms. The van der Waals surface area contributed by atoms with Crippen LogP contribution in [0.4, 0.5) is 32.0 Å². The summed E-state index contributed by atoms with van der Waals surface area (Å²) in [6, 6.07) is 0.668. The number of carbonyl (C=O) groups excluding carboxylic acids is 2. The molecule has 1 N–H and O–H groups in total. The number of nitrogens with zero attached hydrogens (tertiary/aromatic N) is 1. The second kappa shape index (κ2) is 7.77. The number of anilines is 1. The molecule has 0 aliphatic carbocycles. The summed E-state index contributed by atoms with van der Waals surface area (Å²) in [6.07, 6.45) is -9.43. The molecule has 0 atom stereocenters. The van der Waals surface area contributed by atoms with Gasteiger partial charge >= 0.3 is 24.2 Å². The van der Waals surface area contributed by atoms with Crippen molar-refractivity contribution in [1.29, 1.82) is 0 Å². The van der Waals surface area contributed by atoms with Crippen molar-refractivity contribution in [3.8, 4) is 0 Å². The Bertz CT molecular complexity index is 649. The van der Waals surface area contributed by atoms with Gasteiger partial charge in [-0.2, -0.15) is 38.1 Å². The number of hydrogen-bond acceptors (Lipinski definition) is 3. The Labute approximate surface area is 148 Å². The number of carbonyl (C=O) groups is 2. The molecule has 1 aromatic rings. The number of amides is 2. The first-order valence-corrected chi connectivity index (χ1v) is 8.61. The van der Waals surface area contributed by atoms with Gasteiger partial charge in [0, 0.05) is 24.5 Å². The zero-order valence-electron chi connectivity index (χ0n) is 13.2. The Hall–Kier alpha value is -1.91. The maximum atomic E-state index is 12.8. The number of thioether (sulfide) groups is 1. The fraction of sp³-hybridized carbons (Fsp3) is 0.467. The zero-order valence-corrected chi connectivity index (χ0v) is 14.0. The number of halogens is 6. The van der Waals surface area contributed by atoms with E-state index in [1.165, 1.54) is 4.90 Å². The summed E-state index contributed by atoms with van der Waals surface area (Å²) in [5.41, 5.74) is -3.88. The van der Waals surface area contributed by atoms with Crippen LogP contribution in [0, 0.1) is 0 Å². The number of rotatable bonds is 1. The van der Waals surface area contributed by atoms with E-state index in [1.54, 1.807) is 11.8 Å². The van der Waals surface area contributed by atoms with Crippen molar-refractivity contribution in [2.24, 2.45) is 0 Å². The lowest BCUT2D eigenvalue weighted by Crippen LogP contribution is -2.41. The van der Waals surface area contributed by atoms with Gasteiger partial charge in [0.25, 0.3) is 0 Å². The van der Waals surface area contributed by atoms with Gasteiger partial charge in [0.2, 0.25) is 0 Å². The molecule has 1 aliphatic heterocycles. The van der Waals surface area contributed by atoms with Gasteiger partial charge in [-0.25, -0.2) is 0 Å². The molecular formula is C15H14F6N2O2S. The molecule has 0 bridgehead atoms. The van der Waals surface area contributed by atoms with Crippen molar-refractivity contribution in [1.82, 2.24) is 4.90 Å². The quantitative estimate of drug-likeness (QED) is 0.579. The summed E-state index contributed by atoms with van der Waals surface area (Å²) in [7, 11) is 0. The average Bonchev–Trinajstić information content (AvgIpc) is 2.81. The van der Waals surface area contributed by atoms with Gasteiger partial charge in [-0.1, -0.05) is 0 Å². The molecular weight excluding hydrogens is 386 g/mol. The SMILES string of the molecule is O=C(Nc1cc(C(F)(F)F)cc(C(F)(F)F)c1)C(=O)N1CCCSCC1. The van der Waals surface area contributed by atoms with E-state index in [4.69, 9.17) is 0 Å². The molecule has 2 amide bonds. The van der Waals surface area contributed by atoms with Gasteiger partial charge < -0.3 is 10.2 Å². The molecule has 1 aliphatic rings. The first kappa shape index (κ1) is 20.4. The Morgan fingerprint density at radius 2 is 1.50 bits per heavy atom.